The van der Waals surface area contributed by atoms with Crippen LogP contribution in [-0.2, 0) is 24.8 Å². The van der Waals surface area contributed by atoms with Crippen LogP contribution in [0, 0.1) is 5.92 Å². The molecule has 1 aliphatic carbocycles. The second-order valence-electron chi connectivity index (χ2n) is 16.2. The van der Waals surface area contributed by atoms with Gasteiger partial charge in [-0.15, -0.1) is 5.10 Å². The van der Waals surface area contributed by atoms with Gasteiger partial charge in [0.1, 0.15) is 17.7 Å². The van der Waals surface area contributed by atoms with E-state index in [1.807, 2.05) is 30.3 Å². The third kappa shape index (κ3) is 11.1. The van der Waals surface area contributed by atoms with Crippen molar-refractivity contribution in [3.63, 3.8) is 0 Å². The minimum Gasteiger partial charge on any atom is -0.384 e. The van der Waals surface area contributed by atoms with Crippen LogP contribution in [0.5, 0.6) is 0 Å². The number of aliphatic hydroxyl groups is 1. The number of rotatable bonds is 17. The summed E-state index contributed by atoms with van der Waals surface area (Å²) in [6.07, 6.45) is 10.6. The molecular formula is C43H54N10O7. The largest absolute Gasteiger partial charge is 0.384 e. The summed E-state index contributed by atoms with van der Waals surface area (Å²) >= 11 is 0. The molecule has 0 bridgehead atoms. The molecule has 4 aromatic rings. The van der Waals surface area contributed by atoms with Crippen molar-refractivity contribution in [2.24, 2.45) is 11.7 Å². The van der Waals surface area contributed by atoms with E-state index in [0.29, 0.717) is 36.2 Å². The number of anilines is 1. The fourth-order valence-corrected chi connectivity index (χ4v) is 8.18. The number of Topliss-reactive ketones (excluding diaryl/α,β-unsaturated/α-hetero) is 1. The van der Waals surface area contributed by atoms with E-state index in [9.17, 15) is 33.9 Å². The zero-order valence-electron chi connectivity index (χ0n) is 34.0. The summed E-state index contributed by atoms with van der Waals surface area (Å²) in [6.45, 7) is 3.38. The number of carbonyl (C=O) groups is 6. The van der Waals surface area contributed by atoms with Gasteiger partial charge in [-0.05, 0) is 80.5 Å². The maximum absolute atomic E-state index is 14.9. The number of urea groups is 1. The fourth-order valence-electron chi connectivity index (χ4n) is 8.18. The quantitative estimate of drug-likeness (QED) is 0.0669. The molecule has 2 aromatic heterocycles. The Morgan fingerprint density at radius 2 is 1.65 bits per heavy atom. The van der Waals surface area contributed by atoms with Crippen LogP contribution in [0.25, 0.3) is 10.8 Å². The number of hydrogen-bond donors (Lipinski definition) is 6. The highest BCUT2D eigenvalue weighted by atomic mass is 16.3. The average Bonchev–Trinajstić information content (AvgIpc) is 3.92. The average molecular weight is 823 g/mol. The van der Waals surface area contributed by atoms with Crippen molar-refractivity contribution in [2.45, 2.75) is 108 Å². The first-order chi connectivity index (χ1) is 28.8. The van der Waals surface area contributed by atoms with Gasteiger partial charge in [0.05, 0.1) is 24.0 Å². The van der Waals surface area contributed by atoms with Gasteiger partial charge < -0.3 is 37.0 Å². The Balaban J connectivity index is 1.21. The van der Waals surface area contributed by atoms with Crippen LogP contribution in [0.1, 0.15) is 100 Å². The van der Waals surface area contributed by atoms with Gasteiger partial charge >= 0.3 is 6.03 Å². The van der Waals surface area contributed by atoms with E-state index in [0.717, 1.165) is 42.9 Å². The maximum Gasteiger partial charge on any atom is 0.319 e. The number of nitrogens with one attached hydrogen (secondary N) is 4. The predicted octanol–water partition coefficient (Wildman–Crippen LogP) is 3.50. The molecule has 2 fully saturated rings. The normalized spacial score (nSPS) is 18.0. The molecule has 7 N–H and O–H groups in total. The van der Waals surface area contributed by atoms with Gasteiger partial charge in [-0.2, -0.15) is 0 Å². The number of ketones is 1. The van der Waals surface area contributed by atoms with E-state index in [2.05, 4.69) is 36.6 Å². The Bertz CT molecular complexity index is 2170. The molecule has 17 nitrogen and oxygen atoms in total. The SMILES string of the molecule is CC(C)(O)c1cnnn1[C@H]1C[C@@H](C(=O)NC(CCCCNC(=O)Nc2ccncc2)C(=O)C(N)=O)N(C(=O)[C@@H](CC2CCCCC2)NC(=O)c2ccc3ccccc3c2)C1. The number of nitrogens with zero attached hydrogens (tertiary/aromatic N) is 5. The third-order valence-corrected chi connectivity index (χ3v) is 11.3. The Hall–Kier alpha value is -6.23. The molecule has 1 aliphatic heterocycles. The maximum atomic E-state index is 14.9. The van der Waals surface area contributed by atoms with E-state index in [1.54, 1.807) is 50.5 Å². The van der Waals surface area contributed by atoms with Gasteiger partial charge in [0.15, 0.2) is 0 Å². The first-order valence-corrected chi connectivity index (χ1v) is 20.6. The molecular weight excluding hydrogens is 769 g/mol. The van der Waals surface area contributed by atoms with Crippen molar-refractivity contribution in [3.8, 4) is 0 Å². The summed E-state index contributed by atoms with van der Waals surface area (Å²) in [5.41, 5.74) is 5.39. The van der Waals surface area contributed by atoms with Crippen LogP contribution in [0.15, 0.2) is 73.2 Å². The summed E-state index contributed by atoms with van der Waals surface area (Å²) < 4.78 is 1.50. The number of likely N-dealkylation sites (tertiary alicyclic amines) is 1. The van der Waals surface area contributed by atoms with Crippen molar-refractivity contribution in [2.75, 3.05) is 18.4 Å². The number of unbranched alkanes of at least 4 members (excludes halogenated alkanes) is 1. The van der Waals surface area contributed by atoms with Gasteiger partial charge in [0, 0.05) is 43.2 Å². The molecule has 6 amide bonds. The van der Waals surface area contributed by atoms with Crippen LogP contribution in [0.2, 0.25) is 0 Å². The number of pyridine rings is 1. The number of nitrogens with two attached hydrogens (primary N) is 1. The summed E-state index contributed by atoms with van der Waals surface area (Å²) in [4.78, 5) is 86.1. The fraction of sp³-hybridized carbons (Fsp3) is 0.465. The molecule has 17 heteroatoms. The minimum atomic E-state index is -1.36. The van der Waals surface area contributed by atoms with E-state index in [-0.39, 0.29) is 31.8 Å². The molecule has 4 atom stereocenters. The molecule has 2 aliphatic rings. The Labute approximate surface area is 348 Å². The van der Waals surface area contributed by atoms with Crippen molar-refractivity contribution in [3.05, 3.63) is 84.4 Å². The lowest BCUT2D eigenvalue weighted by Gasteiger charge is -2.32. The molecule has 6 rings (SSSR count). The van der Waals surface area contributed by atoms with Gasteiger partial charge in [0.25, 0.3) is 11.8 Å². The number of fused-ring (bicyclic) bond motifs is 1. The monoisotopic (exact) mass is 822 g/mol. The predicted molar refractivity (Wildman–Crippen MR) is 222 cm³/mol. The third-order valence-electron chi connectivity index (χ3n) is 11.3. The molecule has 1 saturated carbocycles. The smallest absolute Gasteiger partial charge is 0.319 e. The standard InChI is InChI=1S/C43H54N10O7/c1-43(2,60)36-25-47-51-53(36)32-24-35(40(57)49-33(37(54)38(44)55)14-8-9-19-46-42(59)48-31-17-20-45-21-18-31)52(26-32)41(58)34(22-27-10-4-3-5-11-27)50-39(56)30-16-15-28-12-6-7-13-29(28)23-30/h6-7,12-13,15-18,20-21,23,25,27,32-35,60H,3-5,8-11,14,19,22,24,26H2,1-2H3,(H2,44,55)(H,49,57)(H,50,56)(H2,45,46,48,59)/t32-,33?,34+,35-/m0/s1. The molecule has 2 aromatic carbocycles. The lowest BCUT2D eigenvalue weighted by atomic mass is 9.84. The van der Waals surface area contributed by atoms with E-state index in [4.69, 9.17) is 5.73 Å². The highest BCUT2D eigenvalue weighted by molar-refractivity contribution is 6.37. The van der Waals surface area contributed by atoms with Crippen LogP contribution < -0.4 is 27.0 Å². The number of hydrogen-bond acceptors (Lipinski definition) is 10. The summed E-state index contributed by atoms with van der Waals surface area (Å²) in [7, 11) is 0. The van der Waals surface area contributed by atoms with E-state index in [1.165, 1.54) is 15.8 Å². The topological polar surface area (TPSA) is 244 Å². The van der Waals surface area contributed by atoms with Crippen molar-refractivity contribution in [1.29, 1.82) is 0 Å². The lowest BCUT2D eigenvalue weighted by Crippen LogP contribution is -2.56. The van der Waals surface area contributed by atoms with Gasteiger partial charge in [-0.25, -0.2) is 9.48 Å². The zero-order chi connectivity index (χ0) is 42.8. The first-order valence-electron chi connectivity index (χ1n) is 20.6. The van der Waals surface area contributed by atoms with Crippen molar-refractivity contribution >= 4 is 51.9 Å². The van der Waals surface area contributed by atoms with E-state index < -0.39 is 65.2 Å². The summed E-state index contributed by atoms with van der Waals surface area (Å²) in [6, 6.07) is 11.8. The molecule has 1 unspecified atom stereocenters. The number of amides is 6. The van der Waals surface area contributed by atoms with Crippen molar-refractivity contribution in [1.82, 2.24) is 40.8 Å². The van der Waals surface area contributed by atoms with E-state index >= 15 is 0 Å². The molecule has 318 valence electrons. The van der Waals surface area contributed by atoms with Gasteiger partial charge in [-0.1, -0.05) is 67.6 Å². The molecule has 1 saturated heterocycles. The molecule has 3 heterocycles. The van der Waals surface area contributed by atoms with Gasteiger partial charge in [0.2, 0.25) is 17.6 Å². The lowest BCUT2D eigenvalue weighted by molar-refractivity contribution is -0.142. The molecule has 0 radical (unpaired) electrons. The van der Waals surface area contributed by atoms with Crippen LogP contribution in [0.4, 0.5) is 10.5 Å². The number of primary amides is 1. The highest BCUT2D eigenvalue weighted by Crippen LogP contribution is 2.34. The number of aromatic nitrogens is 4. The summed E-state index contributed by atoms with van der Waals surface area (Å²) in [5, 5.41) is 32.1. The van der Waals surface area contributed by atoms with Crippen LogP contribution in [0.3, 0.4) is 0 Å². The zero-order valence-corrected chi connectivity index (χ0v) is 34.0. The van der Waals surface area contributed by atoms with Crippen LogP contribution in [-0.4, -0.2) is 96.6 Å². The second kappa shape index (κ2) is 19.7. The number of benzene rings is 2. The first kappa shape index (κ1) is 43.4. The Morgan fingerprint density at radius 1 is 0.917 bits per heavy atom. The minimum absolute atomic E-state index is 0.0158. The highest BCUT2D eigenvalue weighted by Gasteiger charge is 2.45. The summed E-state index contributed by atoms with van der Waals surface area (Å²) in [5.74, 6) is -3.66. The number of carbonyl (C=O) groups excluding carboxylic acids is 6. The Kier molecular flexibility index (Phi) is 14.2. The molecule has 60 heavy (non-hydrogen) atoms. The van der Waals surface area contributed by atoms with Crippen molar-refractivity contribution < 1.29 is 33.9 Å². The van der Waals surface area contributed by atoms with Gasteiger partial charge in [-0.3, -0.25) is 29.0 Å². The van der Waals surface area contributed by atoms with Crippen LogP contribution >= 0.6 is 0 Å². The Morgan fingerprint density at radius 3 is 2.37 bits per heavy atom. The molecule has 0 spiro atoms. The second-order valence-corrected chi connectivity index (χ2v) is 16.2.